The van der Waals surface area contributed by atoms with Gasteiger partial charge in [0.05, 0.1) is 28.4 Å². The van der Waals surface area contributed by atoms with E-state index < -0.39 is 0 Å². The average Bonchev–Trinajstić information content (AvgIpc) is 3.25. The molecule has 1 aromatic carbocycles. The number of aromatic amines is 1. The Labute approximate surface area is 170 Å². The lowest BCUT2D eigenvalue weighted by Crippen LogP contribution is -2.22. The fraction of sp³-hybridized carbons (Fsp3) is 0.136. The molecular weight excluding hydrogens is 380 g/mol. The van der Waals surface area contributed by atoms with Gasteiger partial charge < -0.3 is 4.57 Å². The topological polar surface area (TPSA) is 98.5 Å². The molecule has 0 atom stereocenters. The highest BCUT2D eigenvalue weighted by Crippen LogP contribution is 2.15. The van der Waals surface area contributed by atoms with Gasteiger partial charge in [0.15, 0.2) is 0 Å². The molecule has 4 heterocycles. The zero-order valence-corrected chi connectivity index (χ0v) is 16.2. The number of nitrogens with zero attached hydrogens (tertiary/aromatic N) is 5. The number of aryl methyl sites for hydroxylation is 1. The maximum absolute atomic E-state index is 13.1. The van der Waals surface area contributed by atoms with Crippen LogP contribution in [0.4, 0.5) is 0 Å². The van der Waals surface area contributed by atoms with Crippen molar-refractivity contribution < 1.29 is 0 Å². The number of fused-ring (bicyclic) bond motifs is 2. The van der Waals surface area contributed by atoms with Gasteiger partial charge in [-0.15, -0.1) is 5.10 Å². The van der Waals surface area contributed by atoms with Gasteiger partial charge in [-0.05, 0) is 23.8 Å². The fourth-order valence-corrected chi connectivity index (χ4v) is 3.48. The van der Waals surface area contributed by atoms with Gasteiger partial charge in [0, 0.05) is 18.8 Å². The Bertz CT molecular complexity index is 1500. The number of rotatable bonds is 4. The summed E-state index contributed by atoms with van der Waals surface area (Å²) in [6, 6.07) is 14.9. The van der Waals surface area contributed by atoms with Gasteiger partial charge in [-0.3, -0.25) is 14.7 Å². The van der Waals surface area contributed by atoms with Crippen LogP contribution >= 0.6 is 0 Å². The summed E-state index contributed by atoms with van der Waals surface area (Å²) in [6.07, 6.45) is 4.02. The molecule has 0 fully saturated rings. The van der Waals surface area contributed by atoms with Gasteiger partial charge in [0.1, 0.15) is 5.82 Å². The van der Waals surface area contributed by atoms with Crippen molar-refractivity contribution in [1.82, 2.24) is 29.3 Å². The van der Waals surface area contributed by atoms with Crippen LogP contribution in [0, 0.1) is 0 Å². The zero-order valence-electron chi connectivity index (χ0n) is 16.2. The van der Waals surface area contributed by atoms with E-state index in [1.807, 2.05) is 37.3 Å². The Kier molecular flexibility index (Phi) is 4.24. The van der Waals surface area contributed by atoms with Crippen molar-refractivity contribution in [2.75, 3.05) is 0 Å². The van der Waals surface area contributed by atoms with Crippen LogP contribution in [-0.2, 0) is 13.0 Å². The third-order valence-corrected chi connectivity index (χ3v) is 5.08. The lowest BCUT2D eigenvalue weighted by molar-refractivity contribution is 0.767. The molecule has 0 unspecified atom stereocenters. The molecule has 148 valence electrons. The van der Waals surface area contributed by atoms with Gasteiger partial charge in [-0.1, -0.05) is 37.3 Å². The quantitative estimate of drug-likeness (QED) is 0.469. The molecule has 0 aliphatic carbocycles. The number of hydrogen-bond acceptors (Lipinski definition) is 5. The molecule has 0 saturated carbocycles. The van der Waals surface area contributed by atoms with E-state index in [4.69, 9.17) is 0 Å². The number of nitrogens with one attached hydrogen (secondary N) is 1. The van der Waals surface area contributed by atoms with E-state index in [0.29, 0.717) is 40.6 Å². The minimum atomic E-state index is -0.318. The largest absolute Gasteiger partial charge is 0.310 e. The van der Waals surface area contributed by atoms with Gasteiger partial charge in [0.25, 0.3) is 17.1 Å². The smallest absolute Gasteiger partial charge is 0.267 e. The summed E-state index contributed by atoms with van der Waals surface area (Å²) >= 11 is 0. The summed E-state index contributed by atoms with van der Waals surface area (Å²) in [7, 11) is 0. The van der Waals surface area contributed by atoms with Gasteiger partial charge in [-0.2, -0.15) is 4.98 Å². The first-order valence-electron chi connectivity index (χ1n) is 9.65. The first-order chi connectivity index (χ1) is 14.6. The molecule has 8 nitrogen and oxygen atoms in total. The molecule has 0 amide bonds. The van der Waals surface area contributed by atoms with Crippen LogP contribution in [0.15, 0.2) is 70.5 Å². The normalized spacial score (nSPS) is 11.4. The van der Waals surface area contributed by atoms with Crippen LogP contribution < -0.4 is 11.1 Å². The summed E-state index contributed by atoms with van der Waals surface area (Å²) in [5.41, 5.74) is 1.59. The molecular formula is C22H18N6O2. The highest BCUT2D eigenvalue weighted by molar-refractivity contribution is 5.91. The number of benzene rings is 1. The number of pyridine rings is 3. The number of H-pyrrole nitrogens is 1. The SMILES string of the molecule is CCc1nc(-n2ccc3nc4ccn(Cc5ccccc5)c(=O)c4cc3c2=O)n[nH]1. The van der Waals surface area contributed by atoms with Crippen molar-refractivity contribution in [3.63, 3.8) is 0 Å². The van der Waals surface area contributed by atoms with E-state index in [1.165, 1.54) is 4.57 Å². The van der Waals surface area contributed by atoms with Crippen molar-refractivity contribution in [1.29, 1.82) is 0 Å². The predicted molar refractivity (Wildman–Crippen MR) is 114 cm³/mol. The molecule has 30 heavy (non-hydrogen) atoms. The summed E-state index contributed by atoms with van der Waals surface area (Å²) in [5.74, 6) is 0.964. The molecule has 0 spiro atoms. The number of hydrogen-bond donors (Lipinski definition) is 1. The maximum atomic E-state index is 13.1. The summed E-state index contributed by atoms with van der Waals surface area (Å²) in [6.45, 7) is 2.40. The van der Waals surface area contributed by atoms with Crippen molar-refractivity contribution >= 4 is 21.8 Å². The van der Waals surface area contributed by atoms with E-state index in [9.17, 15) is 9.59 Å². The van der Waals surface area contributed by atoms with Crippen LogP contribution in [0.25, 0.3) is 27.8 Å². The predicted octanol–water partition coefficient (Wildman–Crippen LogP) is 2.43. The van der Waals surface area contributed by atoms with Gasteiger partial charge in [-0.25, -0.2) is 9.55 Å². The lowest BCUT2D eigenvalue weighted by Gasteiger charge is -2.08. The molecule has 0 saturated heterocycles. The van der Waals surface area contributed by atoms with E-state index in [1.54, 1.807) is 35.2 Å². The first kappa shape index (κ1) is 18.0. The van der Waals surface area contributed by atoms with Crippen LogP contribution in [0.5, 0.6) is 0 Å². The third-order valence-electron chi connectivity index (χ3n) is 5.08. The van der Waals surface area contributed by atoms with Gasteiger partial charge in [0.2, 0.25) is 0 Å². The van der Waals surface area contributed by atoms with Crippen LogP contribution in [0.1, 0.15) is 18.3 Å². The van der Waals surface area contributed by atoms with Crippen molar-refractivity contribution in [2.45, 2.75) is 19.9 Å². The standard InChI is InChI=1S/C22H18N6O2/c1-2-19-24-22(26-25-19)28-11-9-18-16(21(28)30)12-15-17(23-18)8-10-27(20(15)29)13-14-6-4-3-5-7-14/h3-12H,2,13H2,1H3,(H,24,25,26). The van der Waals surface area contributed by atoms with E-state index in [-0.39, 0.29) is 17.1 Å². The van der Waals surface area contributed by atoms with Crippen LogP contribution in [0.2, 0.25) is 0 Å². The Balaban J connectivity index is 1.67. The lowest BCUT2D eigenvalue weighted by atomic mass is 10.1. The van der Waals surface area contributed by atoms with Crippen LogP contribution in [-0.4, -0.2) is 29.3 Å². The van der Waals surface area contributed by atoms with E-state index in [0.717, 1.165) is 5.56 Å². The summed E-state index contributed by atoms with van der Waals surface area (Å²) in [5, 5.41) is 7.67. The minimum absolute atomic E-state index is 0.188. The second-order valence-corrected chi connectivity index (χ2v) is 7.01. The summed E-state index contributed by atoms with van der Waals surface area (Å²) < 4.78 is 2.98. The Morgan fingerprint density at radius 3 is 2.37 bits per heavy atom. The molecule has 4 aromatic heterocycles. The first-order valence-corrected chi connectivity index (χ1v) is 9.65. The molecule has 5 rings (SSSR count). The summed E-state index contributed by atoms with van der Waals surface area (Å²) in [4.78, 5) is 35.0. The highest BCUT2D eigenvalue weighted by Gasteiger charge is 2.13. The third kappa shape index (κ3) is 2.98. The Morgan fingerprint density at radius 1 is 0.900 bits per heavy atom. The Hall–Kier alpha value is -4.07. The highest BCUT2D eigenvalue weighted by atomic mass is 16.1. The maximum Gasteiger partial charge on any atom is 0.267 e. The van der Waals surface area contributed by atoms with Crippen molar-refractivity contribution in [3.05, 3.63) is 93.0 Å². The molecule has 0 radical (unpaired) electrons. The van der Waals surface area contributed by atoms with E-state index in [2.05, 4.69) is 20.2 Å². The van der Waals surface area contributed by atoms with Crippen molar-refractivity contribution in [3.8, 4) is 5.95 Å². The molecule has 1 N–H and O–H groups in total. The zero-order chi connectivity index (χ0) is 20.7. The van der Waals surface area contributed by atoms with Crippen molar-refractivity contribution in [2.24, 2.45) is 0 Å². The molecule has 5 aromatic rings. The van der Waals surface area contributed by atoms with Crippen LogP contribution in [0.3, 0.4) is 0 Å². The Morgan fingerprint density at radius 2 is 1.63 bits per heavy atom. The minimum Gasteiger partial charge on any atom is -0.310 e. The number of aromatic nitrogens is 6. The monoisotopic (exact) mass is 398 g/mol. The van der Waals surface area contributed by atoms with Gasteiger partial charge >= 0.3 is 0 Å². The molecule has 8 heteroatoms. The second kappa shape index (κ2) is 7.07. The molecule has 0 aliphatic rings. The van der Waals surface area contributed by atoms with E-state index >= 15 is 0 Å². The molecule has 0 bridgehead atoms. The second-order valence-electron chi connectivity index (χ2n) is 7.01. The fourth-order valence-electron chi connectivity index (χ4n) is 3.48. The average molecular weight is 398 g/mol. The molecule has 0 aliphatic heterocycles.